The van der Waals surface area contributed by atoms with Crippen LogP contribution in [0.25, 0.3) is 0 Å². The lowest BCUT2D eigenvalue weighted by Crippen LogP contribution is -2.46. The molecule has 0 unspecified atom stereocenters. The Morgan fingerprint density at radius 2 is 1.65 bits per heavy atom. The van der Waals surface area contributed by atoms with E-state index in [1.165, 1.54) is 64.7 Å². The maximum Gasteiger partial charge on any atom is 0.00471 e. The second kappa shape index (κ2) is 9.01. The smallest absolute Gasteiger partial charge is 0.00471 e. The molecule has 1 rings (SSSR count). The number of nitrogens with zero attached hydrogens (tertiary/aromatic N) is 2. The zero-order valence-corrected chi connectivity index (χ0v) is 14.5. The first-order chi connectivity index (χ1) is 9.43. The highest BCUT2D eigenvalue weighted by Crippen LogP contribution is 2.36. The van der Waals surface area contributed by atoms with Gasteiger partial charge in [0.05, 0.1) is 0 Å². The summed E-state index contributed by atoms with van der Waals surface area (Å²) in [5.74, 6) is 0. The zero-order valence-electron chi connectivity index (χ0n) is 14.5. The van der Waals surface area contributed by atoms with Crippen molar-refractivity contribution in [3.63, 3.8) is 0 Å². The highest BCUT2D eigenvalue weighted by molar-refractivity contribution is 4.87. The molecule has 3 heteroatoms. The Balaban J connectivity index is 2.42. The molecule has 1 N–H and O–H groups in total. The molecule has 0 aromatic carbocycles. The topological polar surface area (TPSA) is 18.5 Å². The van der Waals surface area contributed by atoms with Gasteiger partial charge in [-0.15, -0.1) is 0 Å². The van der Waals surface area contributed by atoms with Gasteiger partial charge in [0.2, 0.25) is 0 Å². The minimum absolute atomic E-state index is 0.523. The number of rotatable bonds is 9. The molecule has 1 saturated carbocycles. The first-order valence-corrected chi connectivity index (χ1v) is 8.50. The quantitative estimate of drug-likeness (QED) is 0.702. The Kier molecular flexibility index (Phi) is 8.08. The largest absolute Gasteiger partial charge is 0.314 e. The van der Waals surface area contributed by atoms with Crippen molar-refractivity contribution in [2.75, 3.05) is 47.3 Å². The van der Waals surface area contributed by atoms with Gasteiger partial charge in [-0.2, -0.15) is 0 Å². The number of nitrogens with one attached hydrogen (secondary N) is 1. The zero-order chi connectivity index (χ0) is 15.0. The van der Waals surface area contributed by atoms with Crippen molar-refractivity contribution in [2.24, 2.45) is 5.41 Å². The summed E-state index contributed by atoms with van der Waals surface area (Å²) in [4.78, 5) is 4.85. The average molecular weight is 284 g/mol. The van der Waals surface area contributed by atoms with Crippen molar-refractivity contribution in [3.8, 4) is 0 Å². The average Bonchev–Trinajstić information content (AvgIpc) is 2.37. The predicted octanol–water partition coefficient (Wildman–Crippen LogP) is 2.82. The minimum Gasteiger partial charge on any atom is -0.314 e. The molecule has 1 aliphatic rings. The SMILES string of the molecule is CC(C)NCC1(CN(C)CCCN(C)C)CCCCC1. The Bertz CT molecular complexity index is 245. The molecule has 120 valence electrons. The summed E-state index contributed by atoms with van der Waals surface area (Å²) in [5, 5.41) is 3.70. The molecule has 3 nitrogen and oxygen atoms in total. The summed E-state index contributed by atoms with van der Waals surface area (Å²) in [6, 6.07) is 0.604. The van der Waals surface area contributed by atoms with Crippen molar-refractivity contribution < 1.29 is 0 Å². The van der Waals surface area contributed by atoms with Crippen LogP contribution in [0.3, 0.4) is 0 Å². The standard InChI is InChI=1S/C17H37N3/c1-16(2)18-14-17(10-7-6-8-11-17)15-20(5)13-9-12-19(3)4/h16,18H,6-15H2,1-5H3. The van der Waals surface area contributed by atoms with E-state index in [4.69, 9.17) is 0 Å². The first-order valence-electron chi connectivity index (χ1n) is 8.50. The lowest BCUT2D eigenvalue weighted by atomic mass is 9.73. The maximum atomic E-state index is 3.70. The Hall–Kier alpha value is -0.120. The van der Waals surface area contributed by atoms with Crippen LogP contribution in [0.2, 0.25) is 0 Å². The molecule has 0 amide bonds. The third kappa shape index (κ3) is 7.05. The van der Waals surface area contributed by atoms with Crippen LogP contribution >= 0.6 is 0 Å². The molecule has 0 aromatic heterocycles. The number of hydrogen-bond acceptors (Lipinski definition) is 3. The maximum absolute atomic E-state index is 3.70. The summed E-state index contributed by atoms with van der Waals surface area (Å²) >= 11 is 0. The Morgan fingerprint density at radius 1 is 1.00 bits per heavy atom. The molecule has 0 radical (unpaired) electrons. The molecule has 1 aliphatic carbocycles. The molecule has 20 heavy (non-hydrogen) atoms. The molecular weight excluding hydrogens is 246 g/mol. The van der Waals surface area contributed by atoms with Crippen LogP contribution in [0.5, 0.6) is 0 Å². The van der Waals surface area contributed by atoms with Crippen molar-refractivity contribution in [1.29, 1.82) is 0 Å². The molecule has 0 atom stereocenters. The minimum atomic E-state index is 0.523. The summed E-state index contributed by atoms with van der Waals surface area (Å²) in [7, 11) is 6.63. The third-order valence-electron chi connectivity index (χ3n) is 4.55. The van der Waals surface area contributed by atoms with Gasteiger partial charge in [-0.1, -0.05) is 33.1 Å². The van der Waals surface area contributed by atoms with E-state index in [0.29, 0.717) is 11.5 Å². The van der Waals surface area contributed by atoms with Crippen LogP contribution < -0.4 is 5.32 Å². The van der Waals surface area contributed by atoms with E-state index in [9.17, 15) is 0 Å². The van der Waals surface area contributed by atoms with E-state index < -0.39 is 0 Å². The Morgan fingerprint density at radius 3 is 2.20 bits per heavy atom. The van der Waals surface area contributed by atoms with Crippen molar-refractivity contribution in [3.05, 3.63) is 0 Å². The molecular formula is C17H37N3. The van der Waals surface area contributed by atoms with Crippen molar-refractivity contribution >= 4 is 0 Å². The van der Waals surface area contributed by atoms with Crippen molar-refractivity contribution in [1.82, 2.24) is 15.1 Å². The molecule has 1 fully saturated rings. The fourth-order valence-electron chi connectivity index (χ4n) is 3.42. The lowest BCUT2D eigenvalue weighted by Gasteiger charge is -2.41. The van der Waals surface area contributed by atoms with Gasteiger partial charge in [-0.3, -0.25) is 0 Å². The third-order valence-corrected chi connectivity index (χ3v) is 4.55. The second-order valence-electron chi connectivity index (χ2n) is 7.49. The van der Waals surface area contributed by atoms with E-state index in [0.717, 1.165) is 0 Å². The van der Waals surface area contributed by atoms with E-state index in [1.807, 2.05) is 0 Å². The van der Waals surface area contributed by atoms with Gasteiger partial charge in [0.1, 0.15) is 0 Å². The summed E-state index contributed by atoms with van der Waals surface area (Å²) in [5.41, 5.74) is 0.523. The van der Waals surface area contributed by atoms with E-state index in [1.54, 1.807) is 0 Å². The first kappa shape index (κ1) is 17.9. The van der Waals surface area contributed by atoms with Crippen LogP contribution in [-0.2, 0) is 0 Å². The molecule has 0 aliphatic heterocycles. The van der Waals surface area contributed by atoms with Gasteiger partial charge in [0.15, 0.2) is 0 Å². The van der Waals surface area contributed by atoms with E-state index >= 15 is 0 Å². The van der Waals surface area contributed by atoms with Crippen LogP contribution in [0.4, 0.5) is 0 Å². The van der Waals surface area contributed by atoms with Crippen LogP contribution in [-0.4, -0.2) is 63.2 Å². The monoisotopic (exact) mass is 283 g/mol. The Labute approximate surface area is 127 Å². The van der Waals surface area contributed by atoms with Crippen LogP contribution in [0.15, 0.2) is 0 Å². The molecule has 0 spiro atoms. The van der Waals surface area contributed by atoms with E-state index in [-0.39, 0.29) is 0 Å². The summed E-state index contributed by atoms with van der Waals surface area (Å²) in [6.07, 6.45) is 8.37. The summed E-state index contributed by atoms with van der Waals surface area (Å²) in [6.45, 7) is 9.40. The number of hydrogen-bond donors (Lipinski definition) is 1. The van der Waals surface area contributed by atoms with Crippen molar-refractivity contribution in [2.45, 2.75) is 58.4 Å². The second-order valence-corrected chi connectivity index (χ2v) is 7.49. The predicted molar refractivity (Wildman–Crippen MR) is 89.3 cm³/mol. The normalized spacial score (nSPS) is 19.2. The lowest BCUT2D eigenvalue weighted by molar-refractivity contribution is 0.113. The molecule has 0 saturated heterocycles. The van der Waals surface area contributed by atoms with Gasteiger partial charge >= 0.3 is 0 Å². The van der Waals surface area contributed by atoms with Gasteiger partial charge in [-0.05, 0) is 58.9 Å². The van der Waals surface area contributed by atoms with Gasteiger partial charge in [0, 0.05) is 19.1 Å². The molecule has 0 aromatic rings. The van der Waals surface area contributed by atoms with Crippen LogP contribution in [0, 0.1) is 5.41 Å². The highest BCUT2D eigenvalue weighted by atomic mass is 15.1. The summed E-state index contributed by atoms with van der Waals surface area (Å²) < 4.78 is 0. The van der Waals surface area contributed by atoms with Gasteiger partial charge in [0.25, 0.3) is 0 Å². The van der Waals surface area contributed by atoms with Gasteiger partial charge in [-0.25, -0.2) is 0 Å². The fourth-order valence-corrected chi connectivity index (χ4v) is 3.42. The van der Waals surface area contributed by atoms with Crippen LogP contribution in [0.1, 0.15) is 52.4 Å². The highest BCUT2D eigenvalue weighted by Gasteiger charge is 2.32. The van der Waals surface area contributed by atoms with Gasteiger partial charge < -0.3 is 15.1 Å². The molecule has 0 heterocycles. The fraction of sp³-hybridized carbons (Fsp3) is 1.00. The van der Waals surface area contributed by atoms with E-state index in [2.05, 4.69) is 50.1 Å². The molecule has 0 bridgehead atoms.